The standard InChI is InChI=1S/C17H23FN4S.HI/c1-13-12-23-16(22-13)8-5-10-20-17(19-2)21-11-9-14-6-3-4-7-15(14)18;/h3-4,6-7,12H,5,8-11H2,1-2H3,(H2,19,20,21);1H. The lowest BCUT2D eigenvalue weighted by atomic mass is 10.1. The summed E-state index contributed by atoms with van der Waals surface area (Å²) in [7, 11) is 1.74. The molecule has 0 saturated carbocycles. The molecule has 1 aromatic carbocycles. The first kappa shape index (κ1) is 20.8. The van der Waals surface area contributed by atoms with Gasteiger partial charge in [0.2, 0.25) is 0 Å². The van der Waals surface area contributed by atoms with Crippen LogP contribution < -0.4 is 10.6 Å². The Bertz CT molecular complexity index is 645. The van der Waals surface area contributed by atoms with Gasteiger partial charge in [-0.2, -0.15) is 0 Å². The quantitative estimate of drug-likeness (QED) is 0.287. The van der Waals surface area contributed by atoms with Crippen molar-refractivity contribution in [2.45, 2.75) is 26.2 Å². The number of hydrogen-bond acceptors (Lipinski definition) is 3. The van der Waals surface area contributed by atoms with Crippen molar-refractivity contribution in [1.29, 1.82) is 0 Å². The number of aliphatic imine (C=N–C) groups is 1. The lowest BCUT2D eigenvalue weighted by Crippen LogP contribution is -2.38. The first-order valence-electron chi connectivity index (χ1n) is 7.78. The Morgan fingerprint density at radius 3 is 2.62 bits per heavy atom. The topological polar surface area (TPSA) is 49.3 Å². The molecule has 0 aliphatic heterocycles. The molecule has 0 fully saturated rings. The highest BCUT2D eigenvalue weighted by molar-refractivity contribution is 14.0. The van der Waals surface area contributed by atoms with Gasteiger partial charge in [-0.15, -0.1) is 35.3 Å². The Kier molecular flexibility index (Phi) is 9.85. The van der Waals surface area contributed by atoms with Gasteiger partial charge in [-0.05, 0) is 31.4 Å². The minimum Gasteiger partial charge on any atom is -0.356 e. The number of benzene rings is 1. The summed E-state index contributed by atoms with van der Waals surface area (Å²) in [6.07, 6.45) is 2.60. The van der Waals surface area contributed by atoms with Crippen LogP contribution in [0.15, 0.2) is 34.6 Å². The fourth-order valence-corrected chi connectivity index (χ4v) is 3.02. The highest BCUT2D eigenvalue weighted by atomic mass is 127. The first-order valence-corrected chi connectivity index (χ1v) is 8.66. The lowest BCUT2D eigenvalue weighted by Gasteiger charge is -2.11. The Morgan fingerprint density at radius 1 is 1.21 bits per heavy atom. The van der Waals surface area contributed by atoms with Gasteiger partial charge in [0.15, 0.2) is 5.96 Å². The van der Waals surface area contributed by atoms with Crippen LogP contribution in [0.5, 0.6) is 0 Å². The van der Waals surface area contributed by atoms with Crippen molar-refractivity contribution in [3.8, 4) is 0 Å². The van der Waals surface area contributed by atoms with E-state index in [0.29, 0.717) is 13.0 Å². The van der Waals surface area contributed by atoms with Crippen molar-refractivity contribution in [2.75, 3.05) is 20.1 Å². The highest BCUT2D eigenvalue weighted by Gasteiger charge is 2.02. The number of thiazole rings is 1. The van der Waals surface area contributed by atoms with E-state index >= 15 is 0 Å². The maximum atomic E-state index is 13.5. The van der Waals surface area contributed by atoms with Crippen molar-refractivity contribution < 1.29 is 4.39 Å². The molecule has 2 aromatic rings. The van der Waals surface area contributed by atoms with Gasteiger partial charge >= 0.3 is 0 Å². The first-order chi connectivity index (χ1) is 11.2. The molecule has 7 heteroatoms. The molecule has 0 amide bonds. The smallest absolute Gasteiger partial charge is 0.190 e. The molecular weight excluding hydrogens is 438 g/mol. The second-order valence-electron chi connectivity index (χ2n) is 5.25. The summed E-state index contributed by atoms with van der Waals surface area (Å²) in [4.78, 5) is 8.63. The Morgan fingerprint density at radius 2 is 1.96 bits per heavy atom. The Balaban J connectivity index is 0.00000288. The maximum Gasteiger partial charge on any atom is 0.190 e. The number of hydrogen-bond donors (Lipinski definition) is 2. The average Bonchev–Trinajstić information content (AvgIpc) is 2.97. The number of aryl methyl sites for hydroxylation is 2. The largest absolute Gasteiger partial charge is 0.356 e. The molecule has 0 bridgehead atoms. The van der Waals surface area contributed by atoms with Gasteiger partial charge in [-0.25, -0.2) is 9.37 Å². The van der Waals surface area contributed by atoms with Crippen LogP contribution >= 0.6 is 35.3 Å². The molecule has 0 aliphatic rings. The molecule has 0 unspecified atom stereocenters. The zero-order valence-corrected chi connectivity index (χ0v) is 17.2. The molecule has 0 aliphatic carbocycles. The summed E-state index contributed by atoms with van der Waals surface area (Å²) in [5, 5.41) is 9.72. The predicted octanol–water partition coefficient (Wildman–Crippen LogP) is 3.55. The highest BCUT2D eigenvalue weighted by Crippen LogP contribution is 2.10. The molecule has 1 heterocycles. The molecule has 0 saturated heterocycles. The van der Waals surface area contributed by atoms with Gasteiger partial charge < -0.3 is 10.6 Å². The number of guanidine groups is 1. The zero-order valence-electron chi connectivity index (χ0n) is 14.0. The summed E-state index contributed by atoms with van der Waals surface area (Å²) in [6, 6.07) is 6.86. The van der Waals surface area contributed by atoms with Gasteiger partial charge in [-0.1, -0.05) is 18.2 Å². The molecule has 2 N–H and O–H groups in total. The predicted molar refractivity (Wildman–Crippen MR) is 110 cm³/mol. The van der Waals surface area contributed by atoms with Crippen LogP contribution in [0.25, 0.3) is 0 Å². The molecule has 2 rings (SSSR count). The van der Waals surface area contributed by atoms with Crippen molar-refractivity contribution >= 4 is 41.3 Å². The normalized spacial score (nSPS) is 11.0. The Hall–Kier alpha value is -1.22. The second kappa shape index (κ2) is 11.4. The Labute approximate surface area is 164 Å². The van der Waals surface area contributed by atoms with Gasteiger partial charge in [0, 0.05) is 37.6 Å². The van der Waals surface area contributed by atoms with Crippen molar-refractivity contribution in [3.05, 3.63) is 51.7 Å². The van der Waals surface area contributed by atoms with Crippen LogP contribution in [0.4, 0.5) is 4.39 Å². The summed E-state index contributed by atoms with van der Waals surface area (Å²) < 4.78 is 13.5. The molecule has 1 aromatic heterocycles. The van der Waals surface area contributed by atoms with Crippen LogP contribution in [0.1, 0.15) is 22.7 Å². The molecule has 132 valence electrons. The van der Waals surface area contributed by atoms with Crippen molar-refractivity contribution in [2.24, 2.45) is 4.99 Å². The van der Waals surface area contributed by atoms with Crippen LogP contribution in [0.2, 0.25) is 0 Å². The van der Waals surface area contributed by atoms with Crippen molar-refractivity contribution in [1.82, 2.24) is 15.6 Å². The monoisotopic (exact) mass is 462 g/mol. The minimum atomic E-state index is -0.156. The van der Waals surface area contributed by atoms with E-state index in [1.807, 2.05) is 19.1 Å². The van der Waals surface area contributed by atoms with E-state index in [4.69, 9.17) is 0 Å². The number of halogens is 2. The van der Waals surface area contributed by atoms with Gasteiger partial charge in [-0.3, -0.25) is 4.99 Å². The second-order valence-corrected chi connectivity index (χ2v) is 6.20. The number of nitrogens with one attached hydrogen (secondary N) is 2. The zero-order chi connectivity index (χ0) is 16.5. The van der Waals surface area contributed by atoms with Crippen molar-refractivity contribution in [3.63, 3.8) is 0 Å². The van der Waals surface area contributed by atoms with Crippen LogP contribution in [-0.4, -0.2) is 31.1 Å². The third-order valence-electron chi connectivity index (χ3n) is 3.39. The third-order valence-corrected chi connectivity index (χ3v) is 4.42. The van der Waals surface area contributed by atoms with Gasteiger partial charge in [0.25, 0.3) is 0 Å². The maximum absolute atomic E-state index is 13.5. The third kappa shape index (κ3) is 7.12. The molecule has 4 nitrogen and oxygen atoms in total. The number of aromatic nitrogens is 1. The summed E-state index contributed by atoms with van der Waals surface area (Å²) in [5.41, 5.74) is 1.80. The summed E-state index contributed by atoms with van der Waals surface area (Å²) in [6.45, 7) is 3.49. The van der Waals surface area contributed by atoms with E-state index < -0.39 is 0 Å². The van der Waals surface area contributed by atoms with E-state index in [0.717, 1.165) is 36.6 Å². The molecular formula is C17H24FIN4S. The fourth-order valence-electron chi connectivity index (χ4n) is 2.20. The average molecular weight is 462 g/mol. The lowest BCUT2D eigenvalue weighted by molar-refractivity contribution is 0.606. The van der Waals surface area contributed by atoms with Crippen LogP contribution in [0.3, 0.4) is 0 Å². The molecule has 0 spiro atoms. The molecule has 0 radical (unpaired) electrons. The fraction of sp³-hybridized carbons (Fsp3) is 0.412. The van der Waals surface area contributed by atoms with Gasteiger partial charge in [0.1, 0.15) is 5.82 Å². The van der Waals surface area contributed by atoms with E-state index in [9.17, 15) is 4.39 Å². The van der Waals surface area contributed by atoms with Gasteiger partial charge in [0.05, 0.1) is 5.01 Å². The summed E-state index contributed by atoms with van der Waals surface area (Å²) in [5.74, 6) is 0.590. The van der Waals surface area contributed by atoms with E-state index in [-0.39, 0.29) is 29.8 Å². The van der Waals surface area contributed by atoms with E-state index in [2.05, 4.69) is 26.0 Å². The van der Waals surface area contributed by atoms with Crippen LogP contribution in [-0.2, 0) is 12.8 Å². The minimum absolute atomic E-state index is 0. The van der Waals surface area contributed by atoms with Crippen LogP contribution in [0, 0.1) is 12.7 Å². The molecule has 0 atom stereocenters. The number of rotatable bonds is 7. The van der Waals surface area contributed by atoms with E-state index in [1.54, 1.807) is 24.5 Å². The molecule has 24 heavy (non-hydrogen) atoms. The SMILES string of the molecule is CN=C(NCCCc1nc(C)cs1)NCCc1ccccc1F.I. The van der Waals surface area contributed by atoms with E-state index in [1.165, 1.54) is 11.1 Å². The number of nitrogens with zero attached hydrogens (tertiary/aromatic N) is 2. The summed E-state index contributed by atoms with van der Waals surface area (Å²) >= 11 is 1.71.